The normalized spacial score (nSPS) is 24.6. The van der Waals surface area contributed by atoms with E-state index in [0.717, 1.165) is 12.1 Å². The largest absolute Gasteiger partial charge is 0.381 e. The molecular formula is C14H20N2O3. The molecule has 1 aliphatic carbocycles. The molecule has 2 atom stereocenters. The Bertz CT molecular complexity index is 499. The Morgan fingerprint density at radius 2 is 2.16 bits per heavy atom. The zero-order valence-electron chi connectivity index (χ0n) is 11.8. The number of hydrogen-bond acceptors (Lipinski definition) is 4. The van der Waals surface area contributed by atoms with Crippen LogP contribution in [0.3, 0.4) is 0 Å². The maximum Gasteiger partial charge on any atom is 0.274 e. The number of benzene rings is 1. The zero-order valence-corrected chi connectivity index (χ0v) is 11.8. The lowest BCUT2D eigenvalue weighted by molar-refractivity contribution is -0.385. The number of anilines is 1. The van der Waals surface area contributed by atoms with Gasteiger partial charge < -0.3 is 10.1 Å². The topological polar surface area (TPSA) is 64.4 Å². The van der Waals surface area contributed by atoms with Gasteiger partial charge in [-0.3, -0.25) is 10.1 Å². The summed E-state index contributed by atoms with van der Waals surface area (Å²) in [5.41, 5.74) is 1.67. The first-order valence-electron chi connectivity index (χ1n) is 6.40. The second kappa shape index (κ2) is 4.81. The molecular weight excluding hydrogens is 244 g/mol. The fraction of sp³-hybridized carbons (Fsp3) is 0.571. The second-order valence-corrected chi connectivity index (χ2v) is 5.74. The monoisotopic (exact) mass is 264 g/mol. The highest BCUT2D eigenvalue weighted by atomic mass is 16.6. The van der Waals surface area contributed by atoms with Gasteiger partial charge in [-0.1, -0.05) is 19.9 Å². The smallest absolute Gasteiger partial charge is 0.274 e. The van der Waals surface area contributed by atoms with E-state index >= 15 is 0 Å². The van der Waals surface area contributed by atoms with E-state index in [1.165, 1.54) is 0 Å². The molecule has 1 fully saturated rings. The summed E-state index contributed by atoms with van der Waals surface area (Å²) < 4.78 is 5.40. The fourth-order valence-electron chi connectivity index (χ4n) is 2.63. The van der Waals surface area contributed by atoms with Crippen LogP contribution in [0.25, 0.3) is 0 Å². The van der Waals surface area contributed by atoms with Gasteiger partial charge in [0.25, 0.3) is 5.69 Å². The van der Waals surface area contributed by atoms with Gasteiger partial charge >= 0.3 is 0 Å². The van der Waals surface area contributed by atoms with E-state index in [1.54, 1.807) is 26.2 Å². The van der Waals surface area contributed by atoms with Crippen LogP contribution in [0.5, 0.6) is 0 Å². The van der Waals surface area contributed by atoms with Crippen LogP contribution in [0.1, 0.15) is 25.8 Å². The third-order valence-corrected chi connectivity index (χ3v) is 4.21. The molecule has 0 spiro atoms. The third-order valence-electron chi connectivity index (χ3n) is 4.21. The third kappa shape index (κ3) is 2.42. The zero-order chi connectivity index (χ0) is 14.2. The Balaban J connectivity index is 2.13. The quantitative estimate of drug-likeness (QED) is 0.670. The average Bonchev–Trinajstić information content (AvgIpc) is 2.35. The molecule has 0 saturated heterocycles. The van der Waals surface area contributed by atoms with Crippen molar-refractivity contribution in [2.75, 3.05) is 12.4 Å². The highest BCUT2D eigenvalue weighted by Gasteiger charge is 2.48. The Hall–Kier alpha value is -1.62. The molecule has 0 aliphatic heterocycles. The molecule has 19 heavy (non-hydrogen) atoms. The number of hydrogen-bond donors (Lipinski definition) is 1. The standard InChI is InChI=1S/C14H20N2O3/c1-9-5-6-10(7-11(9)16(17)18)15-12-8-13(19-4)14(12,2)3/h5-7,12-13,15H,8H2,1-4H3. The maximum absolute atomic E-state index is 10.9. The highest BCUT2D eigenvalue weighted by Crippen LogP contribution is 2.44. The Labute approximate surface area is 113 Å². The number of methoxy groups -OCH3 is 1. The molecule has 0 heterocycles. The van der Waals surface area contributed by atoms with Crippen LogP contribution >= 0.6 is 0 Å². The first-order chi connectivity index (χ1) is 8.86. The number of nitrogens with one attached hydrogen (secondary N) is 1. The van der Waals surface area contributed by atoms with Crippen LogP contribution < -0.4 is 5.32 Å². The summed E-state index contributed by atoms with van der Waals surface area (Å²) in [5, 5.41) is 14.3. The Morgan fingerprint density at radius 3 is 2.68 bits per heavy atom. The maximum atomic E-state index is 10.9. The van der Waals surface area contributed by atoms with Crippen molar-refractivity contribution in [3.63, 3.8) is 0 Å². The predicted octanol–water partition coefficient (Wildman–Crippen LogP) is 3.13. The lowest BCUT2D eigenvalue weighted by atomic mass is 9.64. The van der Waals surface area contributed by atoms with E-state index in [-0.39, 0.29) is 28.2 Å². The van der Waals surface area contributed by atoms with Crippen LogP contribution in [0.2, 0.25) is 0 Å². The number of nitrogens with zero attached hydrogens (tertiary/aromatic N) is 1. The number of nitro benzene ring substituents is 1. The molecule has 0 aromatic heterocycles. The predicted molar refractivity (Wildman–Crippen MR) is 74.4 cm³/mol. The molecule has 1 aliphatic rings. The van der Waals surface area contributed by atoms with Gasteiger partial charge in [0.1, 0.15) is 0 Å². The minimum atomic E-state index is -0.343. The van der Waals surface area contributed by atoms with Gasteiger partial charge in [-0.05, 0) is 19.4 Å². The number of nitro groups is 1. The van der Waals surface area contributed by atoms with Crippen molar-refractivity contribution >= 4 is 11.4 Å². The number of aryl methyl sites for hydroxylation is 1. The molecule has 5 nitrogen and oxygen atoms in total. The number of ether oxygens (including phenoxy) is 1. The van der Waals surface area contributed by atoms with E-state index in [1.807, 2.05) is 6.07 Å². The molecule has 0 amide bonds. The summed E-state index contributed by atoms with van der Waals surface area (Å²) in [6, 6.07) is 5.55. The van der Waals surface area contributed by atoms with Crippen molar-refractivity contribution in [2.45, 2.75) is 39.3 Å². The number of rotatable bonds is 4. The van der Waals surface area contributed by atoms with Crippen molar-refractivity contribution in [3.05, 3.63) is 33.9 Å². The first kappa shape index (κ1) is 13.8. The van der Waals surface area contributed by atoms with Crippen molar-refractivity contribution < 1.29 is 9.66 Å². The first-order valence-corrected chi connectivity index (χ1v) is 6.40. The van der Waals surface area contributed by atoms with Gasteiger partial charge in [0.15, 0.2) is 0 Å². The molecule has 1 aromatic rings. The summed E-state index contributed by atoms with van der Waals surface area (Å²) in [4.78, 5) is 10.6. The lowest BCUT2D eigenvalue weighted by Crippen LogP contribution is -2.57. The average molecular weight is 264 g/mol. The molecule has 2 rings (SSSR count). The lowest BCUT2D eigenvalue weighted by Gasteiger charge is -2.51. The minimum Gasteiger partial charge on any atom is -0.381 e. The van der Waals surface area contributed by atoms with Crippen molar-refractivity contribution in [1.82, 2.24) is 0 Å². The molecule has 104 valence electrons. The van der Waals surface area contributed by atoms with Gasteiger partial charge in [0.05, 0.1) is 11.0 Å². The SMILES string of the molecule is COC1CC(Nc2ccc(C)c([N+](=O)[O-])c2)C1(C)C. The van der Waals surface area contributed by atoms with E-state index < -0.39 is 0 Å². The molecule has 1 aromatic carbocycles. The summed E-state index contributed by atoms with van der Waals surface area (Å²) in [6.45, 7) is 6.03. The fourth-order valence-corrected chi connectivity index (χ4v) is 2.63. The molecule has 5 heteroatoms. The van der Waals surface area contributed by atoms with Crippen LogP contribution in [-0.2, 0) is 4.74 Å². The summed E-state index contributed by atoms with van der Waals surface area (Å²) in [7, 11) is 1.72. The summed E-state index contributed by atoms with van der Waals surface area (Å²) >= 11 is 0. The van der Waals surface area contributed by atoms with Crippen molar-refractivity contribution in [3.8, 4) is 0 Å². The molecule has 1 N–H and O–H groups in total. The Kier molecular flexibility index (Phi) is 3.49. The second-order valence-electron chi connectivity index (χ2n) is 5.74. The Morgan fingerprint density at radius 1 is 1.47 bits per heavy atom. The van der Waals surface area contributed by atoms with E-state index in [2.05, 4.69) is 19.2 Å². The van der Waals surface area contributed by atoms with Gasteiger partial charge in [0.2, 0.25) is 0 Å². The van der Waals surface area contributed by atoms with Gasteiger partial charge in [-0.2, -0.15) is 0 Å². The van der Waals surface area contributed by atoms with Crippen LogP contribution in [0.4, 0.5) is 11.4 Å². The minimum absolute atomic E-state index is 0.0361. The van der Waals surface area contributed by atoms with Gasteiger partial charge in [0, 0.05) is 35.9 Å². The van der Waals surface area contributed by atoms with Crippen LogP contribution in [0, 0.1) is 22.5 Å². The van der Waals surface area contributed by atoms with Gasteiger partial charge in [-0.25, -0.2) is 0 Å². The van der Waals surface area contributed by atoms with E-state index in [4.69, 9.17) is 4.74 Å². The van der Waals surface area contributed by atoms with Crippen molar-refractivity contribution in [1.29, 1.82) is 0 Å². The highest BCUT2D eigenvalue weighted by molar-refractivity contribution is 5.55. The molecule has 1 saturated carbocycles. The summed E-state index contributed by atoms with van der Waals surface area (Å²) in [6.07, 6.45) is 1.16. The van der Waals surface area contributed by atoms with Gasteiger partial charge in [-0.15, -0.1) is 0 Å². The van der Waals surface area contributed by atoms with E-state index in [9.17, 15) is 10.1 Å². The van der Waals surface area contributed by atoms with Crippen molar-refractivity contribution in [2.24, 2.45) is 5.41 Å². The molecule has 0 radical (unpaired) electrons. The molecule has 2 unspecified atom stereocenters. The summed E-state index contributed by atoms with van der Waals surface area (Å²) in [5.74, 6) is 0. The van der Waals surface area contributed by atoms with Crippen LogP contribution in [-0.4, -0.2) is 24.2 Å². The molecule has 0 bridgehead atoms. The van der Waals surface area contributed by atoms with Crippen LogP contribution in [0.15, 0.2) is 18.2 Å². The van der Waals surface area contributed by atoms with E-state index in [0.29, 0.717) is 5.56 Å².